The Hall–Kier alpha value is -0.210. The van der Waals surface area contributed by atoms with Gasteiger partial charge >= 0.3 is 0 Å². The van der Waals surface area contributed by atoms with E-state index in [9.17, 15) is 0 Å². The van der Waals surface area contributed by atoms with Crippen LogP contribution in [0, 0.1) is 6.54 Å². The van der Waals surface area contributed by atoms with Crippen molar-refractivity contribution in [3.63, 3.8) is 0 Å². The van der Waals surface area contributed by atoms with Gasteiger partial charge in [-0.25, -0.2) is 0 Å². The number of hydroxylamine groups is 1. The fraction of sp³-hybridized carbons (Fsp3) is 0. The zero-order valence-electron chi connectivity index (χ0n) is 2.86. The summed E-state index contributed by atoms with van der Waals surface area (Å²) in [5.41, 5.74) is 2.30. The first-order chi connectivity index (χ1) is 2.89. The molecular weight excluding hydrogens is 101 g/mol. The number of halogens is 1. The summed E-state index contributed by atoms with van der Waals surface area (Å²) in [6.07, 6.45) is 1.36. The van der Waals surface area contributed by atoms with Gasteiger partial charge in [0.2, 0.25) is 0 Å². The molecule has 0 saturated heterocycles. The smallest absolute Gasteiger partial charge is 0.150 e. The van der Waals surface area contributed by atoms with Gasteiger partial charge < -0.3 is 4.84 Å². The summed E-state index contributed by atoms with van der Waals surface area (Å²) in [6.45, 7) is 2.47. The molecule has 1 aliphatic rings. The predicted molar refractivity (Wildman–Crippen MR) is 21.4 cm³/mol. The quantitative estimate of drug-likeness (QED) is 0.486. The Morgan fingerprint density at radius 2 is 2.83 bits per heavy atom. The molecule has 0 aliphatic carbocycles. The van der Waals surface area contributed by atoms with E-state index in [0.717, 1.165) is 0 Å². The number of hydrogen-bond acceptors (Lipinski definition) is 2. The number of hydrogen-bond donors (Lipinski definition) is 1. The molecule has 0 amide bonds. The average molecular weight is 104 g/mol. The van der Waals surface area contributed by atoms with Crippen LogP contribution in [0.3, 0.4) is 0 Å². The Labute approximate surface area is 40.7 Å². The number of nitrogens with one attached hydrogen (secondary N) is 1. The van der Waals surface area contributed by atoms with Gasteiger partial charge in [-0.3, -0.25) is 0 Å². The van der Waals surface area contributed by atoms with Crippen molar-refractivity contribution < 1.29 is 4.84 Å². The minimum atomic E-state index is 0.468. The molecule has 32 valence electrons. The lowest BCUT2D eigenvalue weighted by Gasteiger charge is -1.81. The van der Waals surface area contributed by atoms with E-state index in [1.807, 2.05) is 0 Å². The first kappa shape index (κ1) is 3.96. The molecule has 1 heterocycles. The van der Waals surface area contributed by atoms with Gasteiger partial charge in [0.05, 0.1) is 5.03 Å². The largest absolute Gasteiger partial charge is 0.414 e. The lowest BCUT2D eigenvalue weighted by molar-refractivity contribution is 0.184. The second kappa shape index (κ2) is 1.49. The second-order valence-electron chi connectivity index (χ2n) is 0.811. The minimum Gasteiger partial charge on any atom is -0.414 e. The van der Waals surface area contributed by atoms with Crippen LogP contribution in [0.15, 0.2) is 11.3 Å². The van der Waals surface area contributed by atoms with Gasteiger partial charge in [0.15, 0.2) is 0 Å². The van der Waals surface area contributed by atoms with Crippen molar-refractivity contribution in [2.75, 3.05) is 0 Å². The van der Waals surface area contributed by atoms with Gasteiger partial charge in [-0.2, -0.15) is 0 Å². The zero-order valence-corrected chi connectivity index (χ0v) is 3.62. The molecule has 2 nitrogen and oxygen atoms in total. The Bertz CT molecular complexity index is 80.9. The Morgan fingerprint density at radius 3 is 3.00 bits per heavy atom. The van der Waals surface area contributed by atoms with Crippen LogP contribution in [0.25, 0.3) is 0 Å². The molecule has 0 fully saturated rings. The van der Waals surface area contributed by atoms with E-state index in [1.54, 1.807) is 0 Å². The lowest BCUT2D eigenvalue weighted by atomic mass is 10.7. The highest BCUT2D eigenvalue weighted by Gasteiger charge is 1.99. The fourth-order valence-electron chi connectivity index (χ4n) is 0.189. The first-order valence-corrected chi connectivity index (χ1v) is 1.80. The number of rotatable bonds is 0. The fourth-order valence-corrected chi connectivity index (χ4v) is 0.272. The van der Waals surface area contributed by atoms with E-state index in [1.165, 1.54) is 6.26 Å². The van der Waals surface area contributed by atoms with E-state index in [2.05, 4.69) is 16.9 Å². The molecule has 0 bridgehead atoms. The van der Waals surface area contributed by atoms with E-state index in [4.69, 9.17) is 11.6 Å². The normalized spacial score (nSPS) is 19.8. The van der Waals surface area contributed by atoms with Crippen LogP contribution in [-0.4, -0.2) is 0 Å². The van der Waals surface area contributed by atoms with Crippen molar-refractivity contribution in [2.45, 2.75) is 0 Å². The van der Waals surface area contributed by atoms with Gasteiger partial charge in [0, 0.05) is 0 Å². The average Bonchev–Trinajstić information content (AvgIpc) is 1.86. The topological polar surface area (TPSA) is 21.3 Å². The van der Waals surface area contributed by atoms with Crippen LogP contribution in [0.2, 0.25) is 0 Å². The minimum absolute atomic E-state index is 0.468. The molecule has 1 N–H and O–H groups in total. The van der Waals surface area contributed by atoms with E-state index >= 15 is 0 Å². The third-order valence-electron chi connectivity index (χ3n) is 0.392. The Kier molecular flexibility index (Phi) is 0.986. The van der Waals surface area contributed by atoms with Gasteiger partial charge in [-0.05, 0) is 0 Å². The van der Waals surface area contributed by atoms with Crippen LogP contribution < -0.4 is 5.48 Å². The molecule has 0 aromatic heterocycles. The highest BCUT2D eigenvalue weighted by molar-refractivity contribution is 6.30. The molecule has 2 radical (unpaired) electrons. The van der Waals surface area contributed by atoms with Crippen LogP contribution in [0.5, 0.6) is 0 Å². The molecule has 0 spiro atoms. The molecule has 3 heteroatoms. The van der Waals surface area contributed by atoms with Crippen LogP contribution in [0.1, 0.15) is 0 Å². The van der Waals surface area contributed by atoms with Gasteiger partial charge in [-0.15, -0.1) is 5.48 Å². The molecule has 0 aromatic carbocycles. The summed E-state index contributed by atoms with van der Waals surface area (Å²) in [6, 6.07) is 0. The molecule has 6 heavy (non-hydrogen) atoms. The summed E-state index contributed by atoms with van der Waals surface area (Å²) < 4.78 is 0. The highest BCUT2D eigenvalue weighted by Crippen LogP contribution is 2.07. The van der Waals surface area contributed by atoms with Crippen molar-refractivity contribution in [3.05, 3.63) is 17.8 Å². The first-order valence-electron chi connectivity index (χ1n) is 1.42. The summed E-state index contributed by atoms with van der Waals surface area (Å²) in [5, 5.41) is 0.468. The zero-order chi connectivity index (χ0) is 4.41. The Balaban J connectivity index is 2.45. The third kappa shape index (κ3) is 0.640. The van der Waals surface area contributed by atoms with Crippen LogP contribution in [-0.2, 0) is 4.84 Å². The van der Waals surface area contributed by atoms with E-state index in [0.29, 0.717) is 5.03 Å². The van der Waals surface area contributed by atoms with Crippen molar-refractivity contribution in [1.82, 2.24) is 5.48 Å². The van der Waals surface area contributed by atoms with E-state index < -0.39 is 0 Å². The molecule has 0 aromatic rings. The summed E-state index contributed by atoms with van der Waals surface area (Å²) >= 11 is 5.27. The predicted octanol–water partition coefficient (Wildman–Crippen LogP) is 0.640. The highest BCUT2D eigenvalue weighted by atomic mass is 35.5. The lowest BCUT2D eigenvalue weighted by Crippen LogP contribution is -1.97. The maximum Gasteiger partial charge on any atom is 0.150 e. The van der Waals surface area contributed by atoms with Gasteiger partial charge in [-0.1, -0.05) is 11.6 Å². The van der Waals surface area contributed by atoms with Crippen molar-refractivity contribution in [1.29, 1.82) is 0 Å². The van der Waals surface area contributed by atoms with Crippen LogP contribution in [0.4, 0.5) is 0 Å². The molecule has 0 atom stereocenters. The summed E-state index contributed by atoms with van der Waals surface area (Å²) in [5.74, 6) is 0. The van der Waals surface area contributed by atoms with E-state index in [-0.39, 0.29) is 0 Å². The standard InChI is InChI=1S/C3H2ClNO/c4-3-1-5-6-2-3/h2,5H. The van der Waals surface area contributed by atoms with Gasteiger partial charge in [0.25, 0.3) is 0 Å². The van der Waals surface area contributed by atoms with Crippen molar-refractivity contribution in [3.8, 4) is 0 Å². The third-order valence-corrected chi connectivity index (χ3v) is 0.575. The van der Waals surface area contributed by atoms with Crippen molar-refractivity contribution in [2.24, 2.45) is 0 Å². The molecular formula is C3H2ClNO. The summed E-state index contributed by atoms with van der Waals surface area (Å²) in [4.78, 5) is 4.40. The van der Waals surface area contributed by atoms with Crippen LogP contribution >= 0.6 is 11.6 Å². The maximum atomic E-state index is 5.27. The maximum absolute atomic E-state index is 5.27. The molecule has 0 unspecified atom stereocenters. The monoisotopic (exact) mass is 103 g/mol. The Morgan fingerprint density at radius 1 is 2.00 bits per heavy atom. The molecule has 1 rings (SSSR count). The second-order valence-corrected chi connectivity index (χ2v) is 1.22. The summed E-state index contributed by atoms with van der Waals surface area (Å²) in [7, 11) is 0. The molecule has 0 saturated carbocycles. The molecule has 1 aliphatic heterocycles. The van der Waals surface area contributed by atoms with Crippen molar-refractivity contribution >= 4 is 11.6 Å². The SMILES string of the molecule is ClC1=CON[C]1. The van der Waals surface area contributed by atoms with Gasteiger partial charge in [0.1, 0.15) is 12.8 Å².